The summed E-state index contributed by atoms with van der Waals surface area (Å²) >= 11 is 0. The number of aliphatic hydroxyl groups is 1. The minimum absolute atomic E-state index is 0.312. The zero-order chi connectivity index (χ0) is 23.8. The Morgan fingerprint density at radius 3 is 2.76 bits per heavy atom. The van der Waals surface area contributed by atoms with E-state index in [9.17, 15) is 18.3 Å². The van der Waals surface area contributed by atoms with Gasteiger partial charge < -0.3 is 25.5 Å². The van der Waals surface area contributed by atoms with Gasteiger partial charge in [0.2, 0.25) is 5.95 Å². The van der Waals surface area contributed by atoms with Crippen LogP contribution in [0.4, 0.5) is 30.5 Å². The van der Waals surface area contributed by atoms with Gasteiger partial charge in [0, 0.05) is 43.1 Å². The molecule has 13 heteroatoms. The fourth-order valence-corrected chi connectivity index (χ4v) is 3.29. The van der Waals surface area contributed by atoms with Crippen molar-refractivity contribution in [1.29, 1.82) is 0 Å². The molecule has 0 fully saturated rings. The molecule has 4 N–H and O–H groups in total. The molecule has 0 aliphatic carbocycles. The summed E-state index contributed by atoms with van der Waals surface area (Å²) in [6.45, 7) is 1.14. The molecule has 0 aromatic carbocycles. The number of pyridine rings is 1. The number of H-pyrrole nitrogens is 1. The van der Waals surface area contributed by atoms with Crippen molar-refractivity contribution in [2.75, 3.05) is 24.3 Å². The number of ether oxygens (including phenoxy) is 1. The Morgan fingerprint density at radius 1 is 1.24 bits per heavy atom. The first-order valence-corrected chi connectivity index (χ1v) is 9.79. The number of fused-ring (bicyclic) bond motifs is 1. The van der Waals surface area contributed by atoms with E-state index in [2.05, 4.69) is 35.7 Å². The van der Waals surface area contributed by atoms with E-state index >= 15 is 0 Å². The molecule has 4 aromatic heterocycles. The first kappa shape index (κ1) is 22.3. The number of aromatic nitrogens is 6. The number of nitrogens with zero attached hydrogens (tertiary/aromatic N) is 5. The number of rotatable bonds is 7. The molecule has 1 atom stereocenters. The summed E-state index contributed by atoms with van der Waals surface area (Å²) in [7, 11) is 3.26. The van der Waals surface area contributed by atoms with Gasteiger partial charge in [-0.2, -0.15) is 13.2 Å². The molecule has 0 saturated heterocycles. The lowest BCUT2D eigenvalue weighted by Crippen LogP contribution is -2.35. The molecule has 4 rings (SSSR count). The Kier molecular flexibility index (Phi) is 5.80. The summed E-state index contributed by atoms with van der Waals surface area (Å²) in [6, 6.07) is 0. The first-order chi connectivity index (χ1) is 15.7. The average Bonchev–Trinajstić information content (AvgIpc) is 3.35. The maximum absolute atomic E-state index is 12.6. The van der Waals surface area contributed by atoms with E-state index in [-0.39, 0.29) is 0 Å². The van der Waals surface area contributed by atoms with Crippen LogP contribution in [-0.4, -0.2) is 60.8 Å². The van der Waals surface area contributed by atoms with Crippen molar-refractivity contribution in [3.63, 3.8) is 0 Å². The Balaban J connectivity index is 1.66. The first-order valence-electron chi connectivity index (χ1n) is 9.79. The van der Waals surface area contributed by atoms with Gasteiger partial charge in [-0.15, -0.1) is 5.10 Å². The van der Waals surface area contributed by atoms with Crippen LogP contribution in [0, 0.1) is 6.92 Å². The number of nitrogens with one attached hydrogen (secondary N) is 3. The SMILES string of the molecule is COc1nn(C)cc1Nc1ncc(C)c(-c2c[nH]c3c(NCC(O)C(F)(F)F)cncc23)n1. The molecule has 10 nitrogen and oxygen atoms in total. The molecular formula is C20H21F3N8O2. The second kappa shape index (κ2) is 8.58. The van der Waals surface area contributed by atoms with E-state index in [0.29, 0.717) is 45.4 Å². The summed E-state index contributed by atoms with van der Waals surface area (Å²) in [5.74, 6) is 0.697. The van der Waals surface area contributed by atoms with Crippen LogP contribution in [0.15, 0.2) is 31.0 Å². The molecular weight excluding hydrogens is 441 g/mol. The van der Waals surface area contributed by atoms with Gasteiger partial charge in [0.25, 0.3) is 5.88 Å². The third-order valence-corrected chi connectivity index (χ3v) is 4.92. The van der Waals surface area contributed by atoms with E-state index in [4.69, 9.17) is 4.74 Å². The monoisotopic (exact) mass is 462 g/mol. The zero-order valence-corrected chi connectivity index (χ0v) is 17.9. The largest absolute Gasteiger partial charge is 0.478 e. The van der Waals surface area contributed by atoms with Crippen molar-refractivity contribution in [3.05, 3.63) is 36.5 Å². The highest BCUT2D eigenvalue weighted by Crippen LogP contribution is 2.33. The standard InChI is InChI=1S/C20H21F3N8O2/c1-10-4-27-19(28-14-9-31(2)30-18(14)33-3)29-16(10)12-6-26-17-11(12)5-24-7-13(17)25-8-15(32)20(21,22)23/h4-7,9,15,25-26,32H,8H2,1-3H3,(H,27,28,29). The van der Waals surface area contributed by atoms with Crippen LogP contribution < -0.4 is 15.4 Å². The lowest BCUT2D eigenvalue weighted by atomic mass is 10.1. The van der Waals surface area contributed by atoms with Crippen molar-refractivity contribution < 1.29 is 23.0 Å². The highest BCUT2D eigenvalue weighted by Gasteiger charge is 2.38. The molecule has 33 heavy (non-hydrogen) atoms. The Bertz CT molecular complexity index is 1280. The molecule has 0 spiro atoms. The lowest BCUT2D eigenvalue weighted by molar-refractivity contribution is -0.198. The Labute approximate surface area is 185 Å². The van der Waals surface area contributed by atoms with E-state index in [1.807, 2.05) is 6.92 Å². The number of methoxy groups -OCH3 is 1. The van der Waals surface area contributed by atoms with Crippen LogP contribution in [0.3, 0.4) is 0 Å². The van der Waals surface area contributed by atoms with Crippen LogP contribution in [0.1, 0.15) is 5.56 Å². The van der Waals surface area contributed by atoms with Crippen LogP contribution >= 0.6 is 0 Å². The third-order valence-electron chi connectivity index (χ3n) is 4.92. The van der Waals surface area contributed by atoms with Gasteiger partial charge >= 0.3 is 6.18 Å². The number of aliphatic hydroxyl groups excluding tert-OH is 1. The number of halogens is 3. The summed E-state index contributed by atoms with van der Waals surface area (Å²) in [5.41, 5.74) is 3.54. The van der Waals surface area contributed by atoms with Gasteiger partial charge in [-0.25, -0.2) is 9.97 Å². The molecule has 1 unspecified atom stereocenters. The van der Waals surface area contributed by atoms with E-state index in [1.165, 1.54) is 13.3 Å². The van der Waals surface area contributed by atoms with Crippen molar-refractivity contribution in [3.8, 4) is 17.1 Å². The van der Waals surface area contributed by atoms with E-state index in [0.717, 1.165) is 5.56 Å². The van der Waals surface area contributed by atoms with Gasteiger partial charge in [0.05, 0.1) is 36.4 Å². The molecule has 0 aliphatic rings. The molecule has 174 valence electrons. The normalized spacial score (nSPS) is 12.7. The quantitative estimate of drug-likeness (QED) is 0.330. The smallest absolute Gasteiger partial charge is 0.416 e. The third kappa shape index (κ3) is 4.53. The number of alkyl halides is 3. The predicted octanol–water partition coefficient (Wildman–Crippen LogP) is 3.15. The maximum atomic E-state index is 12.6. The predicted molar refractivity (Wildman–Crippen MR) is 115 cm³/mol. The molecule has 4 heterocycles. The van der Waals surface area contributed by atoms with Crippen LogP contribution in [-0.2, 0) is 7.05 Å². The molecule has 0 radical (unpaired) electrons. The molecule has 0 bridgehead atoms. The molecule has 4 aromatic rings. The fraction of sp³-hybridized carbons (Fsp3) is 0.300. The number of aryl methyl sites for hydroxylation is 2. The van der Waals surface area contributed by atoms with E-state index < -0.39 is 18.8 Å². The molecule has 0 saturated carbocycles. The highest BCUT2D eigenvalue weighted by molar-refractivity contribution is 6.00. The Morgan fingerprint density at radius 2 is 2.03 bits per heavy atom. The summed E-state index contributed by atoms with van der Waals surface area (Å²) < 4.78 is 44.7. The average molecular weight is 462 g/mol. The molecule has 0 aliphatic heterocycles. The van der Waals surface area contributed by atoms with Gasteiger partial charge in [-0.05, 0) is 12.5 Å². The van der Waals surface area contributed by atoms with Crippen molar-refractivity contribution >= 4 is 28.2 Å². The molecule has 0 amide bonds. The highest BCUT2D eigenvalue weighted by atomic mass is 19.4. The lowest BCUT2D eigenvalue weighted by Gasteiger charge is -2.16. The van der Waals surface area contributed by atoms with Gasteiger partial charge in [0.15, 0.2) is 6.10 Å². The minimum atomic E-state index is -4.71. The van der Waals surface area contributed by atoms with Crippen LogP contribution in [0.2, 0.25) is 0 Å². The topological polar surface area (TPSA) is 126 Å². The van der Waals surface area contributed by atoms with Gasteiger partial charge in [0.1, 0.15) is 5.69 Å². The second-order valence-corrected chi connectivity index (χ2v) is 7.33. The summed E-state index contributed by atoms with van der Waals surface area (Å²) in [5, 5.41) is 19.8. The van der Waals surface area contributed by atoms with E-state index in [1.54, 1.807) is 36.5 Å². The fourth-order valence-electron chi connectivity index (χ4n) is 3.29. The van der Waals surface area contributed by atoms with Crippen molar-refractivity contribution in [2.45, 2.75) is 19.2 Å². The minimum Gasteiger partial charge on any atom is -0.478 e. The second-order valence-electron chi connectivity index (χ2n) is 7.33. The van der Waals surface area contributed by atoms with Crippen LogP contribution in [0.25, 0.3) is 22.2 Å². The Hall–Kier alpha value is -3.87. The van der Waals surface area contributed by atoms with Crippen molar-refractivity contribution in [2.24, 2.45) is 7.05 Å². The maximum Gasteiger partial charge on any atom is 0.416 e. The zero-order valence-electron chi connectivity index (χ0n) is 17.9. The summed E-state index contributed by atoms with van der Waals surface area (Å²) in [4.78, 5) is 16.1. The van der Waals surface area contributed by atoms with Gasteiger partial charge in [-0.1, -0.05) is 0 Å². The number of hydrogen-bond acceptors (Lipinski definition) is 8. The van der Waals surface area contributed by atoms with Crippen molar-refractivity contribution in [1.82, 2.24) is 29.7 Å². The number of anilines is 3. The van der Waals surface area contributed by atoms with Crippen LogP contribution in [0.5, 0.6) is 5.88 Å². The summed E-state index contributed by atoms with van der Waals surface area (Å²) in [6.07, 6.45) is 0.844. The van der Waals surface area contributed by atoms with Gasteiger partial charge in [-0.3, -0.25) is 9.67 Å². The number of aromatic amines is 1. The number of hydrogen-bond donors (Lipinski definition) is 4.